The van der Waals surface area contributed by atoms with E-state index in [0.29, 0.717) is 16.3 Å². The van der Waals surface area contributed by atoms with Gasteiger partial charge in [0.1, 0.15) is 23.9 Å². The van der Waals surface area contributed by atoms with Crippen molar-refractivity contribution in [3.8, 4) is 18.2 Å². The number of nitriles is 3. The molecule has 0 spiro atoms. The van der Waals surface area contributed by atoms with Gasteiger partial charge in [-0.2, -0.15) is 15.8 Å². The number of aromatic nitrogens is 1. The van der Waals surface area contributed by atoms with Gasteiger partial charge in [0.05, 0.1) is 10.2 Å². The fraction of sp³-hybridized carbons (Fsp3) is 0.0714. The molecule has 1 amide bonds. The number of anilines is 2. The molecule has 0 aliphatic heterocycles. The molecule has 0 saturated carbocycles. The lowest BCUT2D eigenvalue weighted by atomic mass is 10.2. The summed E-state index contributed by atoms with van der Waals surface area (Å²) in [5.41, 5.74) is 0.736. The highest BCUT2D eigenvalue weighted by molar-refractivity contribution is 7.22. The Labute approximate surface area is 129 Å². The number of amides is 1. The monoisotopic (exact) mass is 308 g/mol. The number of nitrogens with one attached hydrogen (secondary N) is 2. The van der Waals surface area contributed by atoms with Crippen molar-refractivity contribution in [2.45, 2.75) is 6.92 Å². The number of hydrogen-bond acceptors (Lipinski definition) is 7. The number of nitrogens with zero attached hydrogens (tertiary/aromatic N) is 4. The van der Waals surface area contributed by atoms with Crippen molar-refractivity contribution in [1.29, 1.82) is 15.8 Å². The Morgan fingerprint density at radius 1 is 1.18 bits per heavy atom. The standard InChI is InChI=1S/C14H8N6OS/c1-8(21)18-14-20-11-4-10(2-3-13(11)22-14)19-12(7-17)9(5-15)6-16/h2-4,19H,1H3,(H,18,20,21). The minimum absolute atomic E-state index is 0.123. The maximum atomic E-state index is 11.0. The van der Waals surface area contributed by atoms with Crippen molar-refractivity contribution in [3.63, 3.8) is 0 Å². The first-order valence-electron chi connectivity index (χ1n) is 5.97. The van der Waals surface area contributed by atoms with Gasteiger partial charge in [0.25, 0.3) is 0 Å². The number of hydrogen-bond donors (Lipinski definition) is 2. The summed E-state index contributed by atoms with van der Waals surface area (Å²) in [7, 11) is 0. The third kappa shape index (κ3) is 3.18. The van der Waals surface area contributed by atoms with Crippen molar-refractivity contribution in [3.05, 3.63) is 29.5 Å². The van der Waals surface area contributed by atoms with Crippen LogP contribution in [0, 0.1) is 34.0 Å². The van der Waals surface area contributed by atoms with Crippen LogP contribution in [-0.4, -0.2) is 10.9 Å². The molecule has 106 valence electrons. The summed E-state index contributed by atoms with van der Waals surface area (Å²) in [4.78, 5) is 15.3. The first-order valence-corrected chi connectivity index (χ1v) is 6.78. The predicted octanol–water partition coefficient (Wildman–Crippen LogP) is 2.49. The van der Waals surface area contributed by atoms with E-state index in [1.807, 2.05) is 0 Å². The molecule has 22 heavy (non-hydrogen) atoms. The van der Waals surface area contributed by atoms with E-state index in [1.54, 1.807) is 36.4 Å². The second kappa shape index (κ2) is 6.36. The molecular weight excluding hydrogens is 300 g/mol. The highest BCUT2D eigenvalue weighted by atomic mass is 32.1. The predicted molar refractivity (Wildman–Crippen MR) is 81.4 cm³/mol. The Bertz CT molecular complexity index is 890. The van der Waals surface area contributed by atoms with Gasteiger partial charge in [0.15, 0.2) is 10.7 Å². The van der Waals surface area contributed by atoms with Gasteiger partial charge in [-0.05, 0) is 18.2 Å². The Balaban J connectivity index is 2.36. The van der Waals surface area contributed by atoms with Crippen molar-refractivity contribution >= 4 is 38.3 Å². The van der Waals surface area contributed by atoms with Crippen molar-refractivity contribution < 1.29 is 4.79 Å². The average Bonchev–Trinajstić information content (AvgIpc) is 2.87. The Kier molecular flexibility index (Phi) is 4.33. The highest BCUT2D eigenvalue weighted by Gasteiger charge is 2.09. The van der Waals surface area contributed by atoms with Crippen LogP contribution in [0.5, 0.6) is 0 Å². The molecule has 0 radical (unpaired) electrons. The number of thiazole rings is 1. The molecule has 0 atom stereocenters. The largest absolute Gasteiger partial charge is 0.345 e. The number of carbonyl (C=O) groups is 1. The fourth-order valence-corrected chi connectivity index (χ4v) is 2.53. The van der Waals surface area contributed by atoms with Gasteiger partial charge >= 0.3 is 0 Å². The summed E-state index contributed by atoms with van der Waals surface area (Å²) in [6.07, 6.45) is 0. The zero-order valence-corrected chi connectivity index (χ0v) is 12.2. The second-order valence-electron chi connectivity index (χ2n) is 4.09. The van der Waals surface area contributed by atoms with E-state index in [-0.39, 0.29) is 17.2 Å². The lowest BCUT2D eigenvalue weighted by molar-refractivity contribution is -0.114. The first kappa shape index (κ1) is 15.0. The topological polar surface area (TPSA) is 125 Å². The average molecular weight is 308 g/mol. The smallest absolute Gasteiger partial charge is 0.223 e. The van der Waals surface area contributed by atoms with Crippen LogP contribution in [0.4, 0.5) is 10.8 Å². The minimum Gasteiger partial charge on any atom is -0.345 e. The molecule has 7 nitrogen and oxygen atoms in total. The molecule has 2 N–H and O–H groups in total. The van der Waals surface area contributed by atoms with Gasteiger partial charge in [-0.1, -0.05) is 11.3 Å². The van der Waals surface area contributed by atoms with E-state index < -0.39 is 0 Å². The van der Waals surface area contributed by atoms with Crippen LogP contribution in [-0.2, 0) is 4.79 Å². The molecule has 0 unspecified atom stereocenters. The maximum absolute atomic E-state index is 11.0. The Morgan fingerprint density at radius 3 is 2.50 bits per heavy atom. The number of benzene rings is 1. The van der Waals surface area contributed by atoms with Gasteiger partial charge in [0.2, 0.25) is 5.91 Å². The summed E-state index contributed by atoms with van der Waals surface area (Å²) in [6.45, 7) is 1.40. The molecule has 2 rings (SSSR count). The van der Waals surface area contributed by atoms with Gasteiger partial charge in [-0.15, -0.1) is 0 Å². The number of rotatable bonds is 3. The zero-order valence-electron chi connectivity index (χ0n) is 11.3. The summed E-state index contributed by atoms with van der Waals surface area (Å²) in [5, 5.41) is 32.4. The van der Waals surface area contributed by atoms with Gasteiger partial charge in [-0.3, -0.25) is 4.79 Å². The van der Waals surface area contributed by atoms with Crippen LogP contribution >= 0.6 is 11.3 Å². The van der Waals surface area contributed by atoms with Crippen molar-refractivity contribution in [2.75, 3.05) is 10.6 Å². The lowest BCUT2D eigenvalue weighted by Gasteiger charge is -2.03. The Hall–Kier alpha value is -3.41. The van der Waals surface area contributed by atoms with Gasteiger partial charge < -0.3 is 10.6 Å². The summed E-state index contributed by atoms with van der Waals surface area (Å²) in [5.74, 6) is -0.209. The van der Waals surface area contributed by atoms with Crippen LogP contribution in [0.15, 0.2) is 29.5 Å². The SMILES string of the molecule is CC(=O)Nc1nc2cc(NC(C#N)=C(C#N)C#N)ccc2s1. The van der Waals surface area contributed by atoms with Crippen LogP contribution in [0.3, 0.4) is 0 Å². The molecule has 0 fully saturated rings. The van der Waals surface area contributed by atoms with Crippen molar-refractivity contribution in [2.24, 2.45) is 0 Å². The summed E-state index contributed by atoms with van der Waals surface area (Å²) in [6, 6.07) is 10.2. The maximum Gasteiger partial charge on any atom is 0.223 e. The van der Waals surface area contributed by atoms with Crippen LogP contribution in [0.25, 0.3) is 10.2 Å². The van der Waals surface area contributed by atoms with Crippen LogP contribution in [0.2, 0.25) is 0 Å². The number of carbonyl (C=O) groups excluding carboxylic acids is 1. The molecule has 0 aliphatic carbocycles. The number of fused-ring (bicyclic) bond motifs is 1. The van der Waals surface area contributed by atoms with Gasteiger partial charge in [-0.25, -0.2) is 4.98 Å². The number of allylic oxidation sites excluding steroid dienone is 2. The van der Waals surface area contributed by atoms with Gasteiger partial charge in [0, 0.05) is 12.6 Å². The molecule has 0 aliphatic rings. The van der Waals surface area contributed by atoms with Crippen LogP contribution < -0.4 is 10.6 Å². The first-order chi connectivity index (χ1) is 10.6. The molecule has 8 heteroatoms. The van der Waals surface area contributed by atoms with Crippen LogP contribution in [0.1, 0.15) is 6.92 Å². The molecule has 2 aromatic rings. The third-order valence-electron chi connectivity index (χ3n) is 2.53. The quantitative estimate of drug-likeness (QED) is 0.839. The fourth-order valence-electron chi connectivity index (χ4n) is 1.64. The van der Waals surface area contributed by atoms with E-state index in [2.05, 4.69) is 15.6 Å². The van der Waals surface area contributed by atoms with E-state index >= 15 is 0 Å². The lowest BCUT2D eigenvalue weighted by Crippen LogP contribution is -2.04. The van der Waals surface area contributed by atoms with E-state index in [0.717, 1.165) is 4.70 Å². The molecule has 1 heterocycles. The molecule has 0 bridgehead atoms. The van der Waals surface area contributed by atoms with E-state index in [9.17, 15) is 4.79 Å². The van der Waals surface area contributed by atoms with E-state index in [4.69, 9.17) is 15.8 Å². The Morgan fingerprint density at radius 2 is 1.91 bits per heavy atom. The van der Waals surface area contributed by atoms with Crippen molar-refractivity contribution in [1.82, 2.24) is 4.98 Å². The summed E-state index contributed by atoms with van der Waals surface area (Å²) < 4.78 is 0.859. The molecule has 1 aromatic heterocycles. The minimum atomic E-state index is -0.292. The highest BCUT2D eigenvalue weighted by Crippen LogP contribution is 2.28. The third-order valence-corrected chi connectivity index (χ3v) is 3.48. The van der Waals surface area contributed by atoms with E-state index in [1.165, 1.54) is 18.3 Å². The molecule has 1 aromatic carbocycles. The normalized spacial score (nSPS) is 9.18. The second-order valence-corrected chi connectivity index (χ2v) is 5.12. The molecule has 0 saturated heterocycles. The molecular formula is C14H8N6OS. The summed E-state index contributed by atoms with van der Waals surface area (Å²) >= 11 is 1.32. The zero-order chi connectivity index (χ0) is 16.1.